The van der Waals surface area contributed by atoms with Gasteiger partial charge in [-0.25, -0.2) is 4.98 Å². The van der Waals surface area contributed by atoms with Crippen LogP contribution in [0.15, 0.2) is 72.9 Å². The molecular weight excluding hydrogens is 358 g/mol. The maximum Gasteiger partial charge on any atom is 0.256 e. The zero-order valence-corrected chi connectivity index (χ0v) is 15.4. The molecule has 5 heteroatoms. The number of hydrogen-bond acceptors (Lipinski definition) is 3. The number of benzene rings is 2. The maximum absolute atomic E-state index is 12.7. The fourth-order valence-corrected chi connectivity index (χ4v) is 3.12. The second-order valence-electron chi connectivity index (χ2n) is 6.26. The average Bonchev–Trinajstić information content (AvgIpc) is 2.68. The molecule has 0 unspecified atom stereocenters. The van der Waals surface area contributed by atoms with E-state index in [1.807, 2.05) is 61.5 Å². The predicted molar refractivity (Wildman–Crippen MR) is 109 cm³/mol. The van der Waals surface area contributed by atoms with Crippen LogP contribution in [0.5, 0.6) is 0 Å². The van der Waals surface area contributed by atoms with Gasteiger partial charge in [0.15, 0.2) is 0 Å². The normalized spacial score (nSPS) is 10.7. The van der Waals surface area contributed by atoms with Crippen LogP contribution in [-0.4, -0.2) is 15.9 Å². The molecule has 4 nitrogen and oxygen atoms in total. The third-order valence-electron chi connectivity index (χ3n) is 4.23. The Morgan fingerprint density at radius 1 is 0.963 bits per heavy atom. The van der Waals surface area contributed by atoms with Crippen molar-refractivity contribution in [1.82, 2.24) is 9.97 Å². The molecule has 1 N–H and O–H groups in total. The zero-order valence-electron chi connectivity index (χ0n) is 14.6. The average molecular weight is 374 g/mol. The lowest BCUT2D eigenvalue weighted by Gasteiger charge is -2.11. The van der Waals surface area contributed by atoms with Crippen LogP contribution in [-0.2, 0) is 0 Å². The summed E-state index contributed by atoms with van der Waals surface area (Å²) in [6, 6.07) is 20.5. The molecule has 4 rings (SSSR count). The zero-order chi connectivity index (χ0) is 18.8. The molecule has 1 amide bonds. The van der Waals surface area contributed by atoms with Crippen molar-refractivity contribution in [3.63, 3.8) is 0 Å². The van der Waals surface area contributed by atoms with Gasteiger partial charge >= 0.3 is 0 Å². The molecule has 0 aliphatic carbocycles. The Kier molecular flexibility index (Phi) is 4.57. The van der Waals surface area contributed by atoms with Crippen molar-refractivity contribution >= 4 is 34.1 Å². The number of amides is 1. The Balaban J connectivity index is 1.82. The summed E-state index contributed by atoms with van der Waals surface area (Å²) in [5, 5.41) is 5.27. The monoisotopic (exact) mass is 373 g/mol. The third-order valence-corrected chi connectivity index (χ3v) is 4.47. The van der Waals surface area contributed by atoms with Crippen LogP contribution in [0.1, 0.15) is 15.9 Å². The number of pyridine rings is 2. The van der Waals surface area contributed by atoms with E-state index in [0.717, 1.165) is 22.0 Å². The number of carbonyl (C=O) groups is 1. The molecular formula is C22H16ClN3O. The van der Waals surface area contributed by atoms with Crippen molar-refractivity contribution in [2.24, 2.45) is 0 Å². The van der Waals surface area contributed by atoms with Crippen molar-refractivity contribution in [3.05, 3.63) is 89.1 Å². The summed E-state index contributed by atoms with van der Waals surface area (Å²) < 4.78 is 0. The smallest absolute Gasteiger partial charge is 0.256 e. The van der Waals surface area contributed by atoms with Gasteiger partial charge in [-0.1, -0.05) is 35.4 Å². The van der Waals surface area contributed by atoms with Crippen LogP contribution in [0.2, 0.25) is 5.02 Å². The highest BCUT2D eigenvalue weighted by atomic mass is 35.5. The Bertz CT molecular complexity index is 1140. The van der Waals surface area contributed by atoms with Crippen LogP contribution in [0.3, 0.4) is 0 Å². The lowest BCUT2D eigenvalue weighted by atomic mass is 10.1. The SMILES string of the molecule is Cc1cccc(C(=O)Nc2nc(-c3ccccn3)cc3cc(Cl)ccc23)c1. The van der Waals surface area contributed by atoms with Gasteiger partial charge < -0.3 is 5.32 Å². The number of aromatic nitrogens is 2. The summed E-state index contributed by atoms with van der Waals surface area (Å²) in [4.78, 5) is 21.7. The maximum atomic E-state index is 12.7. The van der Waals surface area contributed by atoms with Crippen LogP contribution in [0, 0.1) is 6.92 Å². The van der Waals surface area contributed by atoms with E-state index < -0.39 is 0 Å². The Morgan fingerprint density at radius 2 is 1.85 bits per heavy atom. The highest BCUT2D eigenvalue weighted by molar-refractivity contribution is 6.31. The molecule has 0 aliphatic heterocycles. The van der Waals surface area contributed by atoms with Gasteiger partial charge in [0.2, 0.25) is 0 Å². The molecule has 27 heavy (non-hydrogen) atoms. The molecule has 2 aromatic carbocycles. The lowest BCUT2D eigenvalue weighted by molar-refractivity contribution is 0.102. The van der Waals surface area contributed by atoms with Crippen molar-refractivity contribution in [2.45, 2.75) is 6.92 Å². The van der Waals surface area contributed by atoms with Crippen molar-refractivity contribution in [3.8, 4) is 11.4 Å². The number of rotatable bonds is 3. The molecule has 0 saturated carbocycles. The minimum Gasteiger partial charge on any atom is -0.306 e. The summed E-state index contributed by atoms with van der Waals surface area (Å²) >= 11 is 6.17. The van der Waals surface area contributed by atoms with Gasteiger partial charge in [0.25, 0.3) is 5.91 Å². The van der Waals surface area contributed by atoms with Crippen LogP contribution < -0.4 is 5.32 Å². The molecule has 0 bridgehead atoms. The van der Waals surface area contributed by atoms with Crippen LogP contribution >= 0.6 is 11.6 Å². The van der Waals surface area contributed by atoms with Crippen LogP contribution in [0.4, 0.5) is 5.82 Å². The number of anilines is 1. The number of carbonyl (C=O) groups excluding carboxylic acids is 1. The molecule has 132 valence electrons. The first-order valence-corrected chi connectivity index (χ1v) is 8.88. The lowest BCUT2D eigenvalue weighted by Crippen LogP contribution is -2.13. The second kappa shape index (κ2) is 7.17. The molecule has 0 saturated heterocycles. The fourth-order valence-electron chi connectivity index (χ4n) is 2.94. The van der Waals surface area contributed by atoms with Gasteiger partial charge in [0.1, 0.15) is 5.82 Å². The van der Waals surface area contributed by atoms with E-state index in [2.05, 4.69) is 15.3 Å². The number of aryl methyl sites for hydroxylation is 1. The topological polar surface area (TPSA) is 54.9 Å². The van der Waals surface area contributed by atoms with Crippen molar-refractivity contribution in [2.75, 3.05) is 5.32 Å². The number of fused-ring (bicyclic) bond motifs is 1. The molecule has 0 radical (unpaired) electrons. The molecule has 2 aromatic heterocycles. The van der Waals surface area contributed by atoms with Gasteiger partial charge in [0, 0.05) is 22.2 Å². The standard InChI is InChI=1S/C22H16ClN3O/c1-14-5-4-6-15(11-14)22(27)26-21-18-9-8-17(23)12-16(18)13-20(25-21)19-7-2-3-10-24-19/h2-13H,1H3,(H,25,26,27). The number of nitrogens with zero attached hydrogens (tertiary/aromatic N) is 2. The summed E-state index contributed by atoms with van der Waals surface area (Å²) in [5.74, 6) is 0.275. The van der Waals surface area contributed by atoms with E-state index >= 15 is 0 Å². The minimum absolute atomic E-state index is 0.208. The first-order chi connectivity index (χ1) is 13.1. The predicted octanol–water partition coefficient (Wildman–Crippen LogP) is 5.51. The largest absolute Gasteiger partial charge is 0.306 e. The van der Waals surface area contributed by atoms with E-state index in [1.165, 1.54) is 0 Å². The van der Waals surface area contributed by atoms with E-state index in [9.17, 15) is 4.79 Å². The highest BCUT2D eigenvalue weighted by Gasteiger charge is 2.13. The minimum atomic E-state index is -0.208. The molecule has 2 heterocycles. The van der Waals surface area contributed by atoms with Gasteiger partial charge in [-0.05, 0) is 60.8 Å². The van der Waals surface area contributed by atoms with E-state index in [1.54, 1.807) is 18.3 Å². The molecule has 4 aromatic rings. The Labute approximate surface area is 161 Å². The van der Waals surface area contributed by atoms with Gasteiger partial charge in [-0.3, -0.25) is 9.78 Å². The molecule has 0 spiro atoms. The van der Waals surface area contributed by atoms with Crippen LogP contribution in [0.25, 0.3) is 22.2 Å². The third kappa shape index (κ3) is 3.66. The number of nitrogens with one attached hydrogen (secondary N) is 1. The summed E-state index contributed by atoms with van der Waals surface area (Å²) in [6.45, 7) is 1.95. The first kappa shape index (κ1) is 17.2. The Hall–Kier alpha value is -3.24. The van der Waals surface area contributed by atoms with Crippen molar-refractivity contribution < 1.29 is 4.79 Å². The molecule has 0 atom stereocenters. The quantitative estimate of drug-likeness (QED) is 0.515. The Morgan fingerprint density at radius 3 is 2.63 bits per heavy atom. The van der Waals surface area contributed by atoms with E-state index in [4.69, 9.17) is 11.6 Å². The van der Waals surface area contributed by atoms with Crippen molar-refractivity contribution in [1.29, 1.82) is 0 Å². The number of hydrogen-bond donors (Lipinski definition) is 1. The van der Waals surface area contributed by atoms with Gasteiger partial charge in [0.05, 0.1) is 11.4 Å². The fraction of sp³-hybridized carbons (Fsp3) is 0.0455. The summed E-state index contributed by atoms with van der Waals surface area (Å²) in [5.41, 5.74) is 3.01. The van der Waals surface area contributed by atoms with E-state index in [0.29, 0.717) is 22.1 Å². The summed E-state index contributed by atoms with van der Waals surface area (Å²) in [6.07, 6.45) is 1.71. The summed E-state index contributed by atoms with van der Waals surface area (Å²) in [7, 11) is 0. The molecule has 0 fully saturated rings. The molecule has 0 aliphatic rings. The second-order valence-corrected chi connectivity index (χ2v) is 6.70. The first-order valence-electron chi connectivity index (χ1n) is 8.50. The highest BCUT2D eigenvalue weighted by Crippen LogP contribution is 2.29. The van der Waals surface area contributed by atoms with Gasteiger partial charge in [-0.2, -0.15) is 0 Å². The number of halogens is 1. The van der Waals surface area contributed by atoms with E-state index in [-0.39, 0.29) is 5.91 Å². The van der Waals surface area contributed by atoms with Gasteiger partial charge in [-0.15, -0.1) is 0 Å².